The van der Waals surface area contributed by atoms with Gasteiger partial charge in [0.25, 0.3) is 11.5 Å². The molecule has 1 N–H and O–H groups in total. The van der Waals surface area contributed by atoms with Gasteiger partial charge in [0.2, 0.25) is 0 Å². The second-order valence-corrected chi connectivity index (χ2v) is 7.70. The van der Waals surface area contributed by atoms with Crippen LogP contribution in [0.4, 0.5) is 0 Å². The average Bonchev–Trinajstić information content (AvgIpc) is 3.06. The van der Waals surface area contributed by atoms with Crippen molar-refractivity contribution in [2.24, 2.45) is 5.92 Å². The van der Waals surface area contributed by atoms with Crippen LogP contribution in [0, 0.1) is 5.92 Å². The maximum Gasteiger partial charge on any atom is 0.261 e. The van der Waals surface area contributed by atoms with Crippen LogP contribution < -0.4 is 5.56 Å². The highest BCUT2D eigenvalue weighted by molar-refractivity contribution is 5.94. The molecule has 2 saturated heterocycles. The van der Waals surface area contributed by atoms with Gasteiger partial charge in [-0.25, -0.2) is 0 Å². The monoisotopic (exact) mass is 345 g/mol. The van der Waals surface area contributed by atoms with E-state index in [1.807, 2.05) is 6.07 Å². The van der Waals surface area contributed by atoms with Crippen molar-refractivity contribution in [1.82, 2.24) is 14.8 Å². The fraction of sp³-hybridized carbons (Fsp3) is 0.684. The van der Waals surface area contributed by atoms with E-state index >= 15 is 0 Å². The average molecular weight is 345 g/mol. The van der Waals surface area contributed by atoms with Crippen LogP contribution in [0.25, 0.3) is 0 Å². The van der Waals surface area contributed by atoms with Crippen LogP contribution in [0.5, 0.6) is 0 Å². The molecule has 0 saturated carbocycles. The molecule has 4 rings (SSSR count). The number of ether oxygens (including phenoxy) is 1. The Bertz CT molecular complexity index is 729. The van der Waals surface area contributed by atoms with E-state index in [9.17, 15) is 9.59 Å². The highest BCUT2D eigenvalue weighted by Gasteiger charge is 2.41. The van der Waals surface area contributed by atoms with Gasteiger partial charge < -0.3 is 14.6 Å². The number of carbonyl (C=O) groups is 1. The zero-order valence-corrected chi connectivity index (χ0v) is 15.1. The first-order valence-electron chi connectivity index (χ1n) is 9.43. The summed E-state index contributed by atoms with van der Waals surface area (Å²) in [5.41, 5.74) is 2.20. The second-order valence-electron chi connectivity index (χ2n) is 7.70. The van der Waals surface area contributed by atoms with Crippen LogP contribution in [-0.2, 0) is 17.6 Å². The van der Waals surface area contributed by atoms with Crippen LogP contribution in [-0.4, -0.2) is 66.1 Å². The first-order chi connectivity index (χ1) is 12.1. The summed E-state index contributed by atoms with van der Waals surface area (Å²) in [5.74, 6) is 0.493. The van der Waals surface area contributed by atoms with E-state index in [1.165, 1.54) is 0 Å². The molecule has 1 aliphatic carbocycles. The number of amides is 1. The number of carbonyl (C=O) groups excluding carboxylic acids is 1. The SMILES string of the molecule is CCC1CCc2[nH]c(=O)c(C(=O)N3C[C@@H]4OCCN(C)[C@@H]4C3)cc2C1. The predicted molar refractivity (Wildman–Crippen MR) is 94.9 cm³/mol. The number of nitrogens with zero attached hydrogens (tertiary/aromatic N) is 2. The molecule has 0 bridgehead atoms. The molecule has 6 nitrogen and oxygen atoms in total. The summed E-state index contributed by atoms with van der Waals surface area (Å²) < 4.78 is 5.82. The Kier molecular flexibility index (Phi) is 4.41. The number of morpholine rings is 1. The lowest BCUT2D eigenvalue weighted by Crippen LogP contribution is -2.48. The van der Waals surface area contributed by atoms with Crippen LogP contribution in [0.1, 0.15) is 41.4 Å². The fourth-order valence-electron chi connectivity index (χ4n) is 4.48. The highest BCUT2D eigenvalue weighted by Crippen LogP contribution is 2.27. The van der Waals surface area contributed by atoms with Crippen molar-refractivity contribution >= 4 is 5.91 Å². The Morgan fingerprint density at radius 3 is 3.00 bits per heavy atom. The van der Waals surface area contributed by atoms with E-state index in [0.717, 1.165) is 43.5 Å². The molecule has 1 amide bonds. The Morgan fingerprint density at radius 1 is 1.40 bits per heavy atom. The van der Waals surface area contributed by atoms with Crippen molar-refractivity contribution in [2.45, 2.75) is 44.8 Å². The summed E-state index contributed by atoms with van der Waals surface area (Å²) in [6, 6.07) is 2.09. The number of fused-ring (bicyclic) bond motifs is 2. The molecular weight excluding hydrogens is 318 g/mol. The summed E-state index contributed by atoms with van der Waals surface area (Å²) in [4.78, 5) is 32.5. The third-order valence-corrected chi connectivity index (χ3v) is 6.20. The number of likely N-dealkylation sites (tertiary alicyclic amines) is 1. The molecule has 136 valence electrons. The molecule has 0 radical (unpaired) electrons. The van der Waals surface area contributed by atoms with Gasteiger partial charge in [0.05, 0.1) is 18.8 Å². The maximum absolute atomic E-state index is 13.0. The molecule has 0 spiro atoms. The molecule has 1 unspecified atom stereocenters. The van der Waals surface area contributed by atoms with Gasteiger partial charge in [-0.05, 0) is 43.9 Å². The molecule has 3 heterocycles. The van der Waals surface area contributed by atoms with Crippen molar-refractivity contribution in [1.29, 1.82) is 0 Å². The van der Waals surface area contributed by atoms with E-state index in [4.69, 9.17) is 4.74 Å². The fourth-order valence-corrected chi connectivity index (χ4v) is 4.48. The van der Waals surface area contributed by atoms with Crippen molar-refractivity contribution in [2.75, 3.05) is 33.3 Å². The zero-order valence-electron chi connectivity index (χ0n) is 15.1. The Balaban J connectivity index is 1.57. The van der Waals surface area contributed by atoms with Gasteiger partial charge in [0.15, 0.2) is 0 Å². The first-order valence-corrected chi connectivity index (χ1v) is 9.43. The topological polar surface area (TPSA) is 65.6 Å². The van der Waals surface area contributed by atoms with Gasteiger partial charge in [-0.2, -0.15) is 0 Å². The van der Waals surface area contributed by atoms with E-state index < -0.39 is 0 Å². The van der Waals surface area contributed by atoms with Crippen molar-refractivity contribution in [3.05, 3.63) is 33.2 Å². The smallest absolute Gasteiger partial charge is 0.261 e. The first kappa shape index (κ1) is 16.8. The minimum Gasteiger partial charge on any atom is -0.373 e. The summed E-state index contributed by atoms with van der Waals surface area (Å²) in [6.45, 7) is 5.00. The van der Waals surface area contributed by atoms with Gasteiger partial charge >= 0.3 is 0 Å². The molecule has 0 aromatic carbocycles. The minimum absolute atomic E-state index is 0.0591. The predicted octanol–water partition coefficient (Wildman–Crippen LogP) is 1.04. The van der Waals surface area contributed by atoms with Gasteiger partial charge in [0.1, 0.15) is 5.56 Å². The molecule has 2 fully saturated rings. The number of aromatic nitrogens is 1. The van der Waals surface area contributed by atoms with Crippen molar-refractivity contribution in [3.63, 3.8) is 0 Å². The molecule has 1 aromatic rings. The quantitative estimate of drug-likeness (QED) is 0.870. The Hall–Kier alpha value is -1.66. The number of hydrogen-bond acceptors (Lipinski definition) is 4. The highest BCUT2D eigenvalue weighted by atomic mass is 16.5. The minimum atomic E-state index is -0.247. The summed E-state index contributed by atoms with van der Waals surface area (Å²) in [5, 5.41) is 0. The molecule has 6 heteroatoms. The van der Waals surface area contributed by atoms with Crippen molar-refractivity contribution < 1.29 is 9.53 Å². The van der Waals surface area contributed by atoms with Crippen LogP contribution >= 0.6 is 0 Å². The molecule has 2 aliphatic heterocycles. The van der Waals surface area contributed by atoms with E-state index in [2.05, 4.69) is 23.9 Å². The number of rotatable bonds is 2. The van der Waals surface area contributed by atoms with Gasteiger partial charge in [-0.1, -0.05) is 13.3 Å². The standard InChI is InChI=1S/C19H27N3O3/c1-3-12-4-5-15-13(8-12)9-14(18(23)20-15)19(24)22-10-16-17(11-22)25-7-6-21(16)2/h9,12,16-17H,3-8,10-11H2,1-2H3,(H,20,23)/t12?,16-,17+/m1/s1. The van der Waals surface area contributed by atoms with E-state index in [-0.39, 0.29) is 29.2 Å². The number of likely N-dealkylation sites (N-methyl/N-ethyl adjacent to an activating group) is 1. The Labute approximate surface area is 148 Å². The number of nitrogens with one attached hydrogen (secondary N) is 1. The number of H-pyrrole nitrogens is 1. The van der Waals surface area contributed by atoms with E-state index in [0.29, 0.717) is 25.6 Å². The maximum atomic E-state index is 13.0. The van der Waals surface area contributed by atoms with Crippen LogP contribution in [0.3, 0.4) is 0 Å². The van der Waals surface area contributed by atoms with Gasteiger partial charge in [-0.15, -0.1) is 0 Å². The summed E-state index contributed by atoms with van der Waals surface area (Å²) >= 11 is 0. The lowest BCUT2D eigenvalue weighted by Gasteiger charge is -2.33. The second kappa shape index (κ2) is 6.57. The molecule has 1 aromatic heterocycles. The molecule has 3 aliphatic rings. The third kappa shape index (κ3) is 3.02. The molecule has 25 heavy (non-hydrogen) atoms. The van der Waals surface area contributed by atoms with Gasteiger partial charge in [-0.3, -0.25) is 14.5 Å². The number of pyridine rings is 1. The number of aromatic amines is 1. The van der Waals surface area contributed by atoms with Crippen LogP contribution in [0.2, 0.25) is 0 Å². The lowest BCUT2D eigenvalue weighted by molar-refractivity contribution is -0.0368. The largest absolute Gasteiger partial charge is 0.373 e. The number of aryl methyl sites for hydroxylation is 1. The summed E-state index contributed by atoms with van der Waals surface area (Å²) in [7, 11) is 2.07. The summed E-state index contributed by atoms with van der Waals surface area (Å²) in [6.07, 6.45) is 4.18. The van der Waals surface area contributed by atoms with Crippen LogP contribution in [0.15, 0.2) is 10.9 Å². The normalized spacial score (nSPS) is 29.4. The lowest BCUT2D eigenvalue weighted by atomic mass is 9.84. The molecular formula is C19H27N3O3. The number of hydrogen-bond donors (Lipinski definition) is 1. The third-order valence-electron chi connectivity index (χ3n) is 6.20. The van der Waals surface area contributed by atoms with E-state index in [1.54, 1.807) is 4.90 Å². The van der Waals surface area contributed by atoms with Gasteiger partial charge in [0, 0.05) is 25.3 Å². The molecule has 3 atom stereocenters. The zero-order chi connectivity index (χ0) is 17.6. The van der Waals surface area contributed by atoms with Crippen molar-refractivity contribution in [3.8, 4) is 0 Å². The Morgan fingerprint density at radius 2 is 2.24 bits per heavy atom.